The number of nitrogens with zero attached hydrogens (tertiary/aromatic N) is 4. The molecule has 4 rings (SSSR count). The maximum atomic E-state index is 13.0. The molecule has 0 atom stereocenters. The first kappa shape index (κ1) is 22.5. The van der Waals surface area contributed by atoms with Crippen molar-refractivity contribution in [1.82, 2.24) is 9.29 Å². The van der Waals surface area contributed by atoms with Crippen LogP contribution in [0.1, 0.15) is 0 Å². The summed E-state index contributed by atoms with van der Waals surface area (Å²) >= 11 is 7.30. The Morgan fingerprint density at radius 2 is 1.91 bits per heavy atom. The van der Waals surface area contributed by atoms with Gasteiger partial charge in [-0.3, -0.25) is 10.1 Å². The van der Waals surface area contributed by atoms with E-state index in [0.717, 1.165) is 28.2 Å². The molecule has 0 aliphatic carbocycles. The summed E-state index contributed by atoms with van der Waals surface area (Å²) in [6.07, 6.45) is 0. The number of piperazine rings is 1. The molecule has 1 fully saturated rings. The van der Waals surface area contributed by atoms with Gasteiger partial charge in [0.1, 0.15) is 10.8 Å². The molecule has 1 aliphatic rings. The van der Waals surface area contributed by atoms with Crippen molar-refractivity contribution in [3.8, 4) is 17.0 Å². The monoisotopic (exact) mass is 494 g/mol. The van der Waals surface area contributed by atoms with Crippen LogP contribution in [0.4, 0.5) is 10.8 Å². The van der Waals surface area contributed by atoms with Crippen LogP contribution in [-0.2, 0) is 10.0 Å². The van der Waals surface area contributed by atoms with Crippen LogP contribution in [0.25, 0.3) is 11.3 Å². The number of halogens is 1. The minimum Gasteiger partial charge on any atom is -0.497 e. The first-order valence-corrected chi connectivity index (χ1v) is 12.3. The highest BCUT2D eigenvalue weighted by Gasteiger charge is 2.31. The third-order valence-electron chi connectivity index (χ3n) is 5.12. The van der Waals surface area contributed by atoms with Gasteiger partial charge >= 0.3 is 0 Å². The van der Waals surface area contributed by atoms with Gasteiger partial charge in [0.05, 0.1) is 22.6 Å². The fourth-order valence-corrected chi connectivity index (χ4v) is 5.90. The quantitative estimate of drug-likeness (QED) is 0.378. The van der Waals surface area contributed by atoms with Gasteiger partial charge in [0, 0.05) is 43.2 Å². The second kappa shape index (κ2) is 9.02. The Balaban J connectivity index is 1.47. The van der Waals surface area contributed by atoms with Crippen molar-refractivity contribution in [3.05, 3.63) is 63.0 Å². The number of hydrogen-bond acceptors (Lipinski definition) is 8. The maximum Gasteiger partial charge on any atom is 0.289 e. The number of ether oxygens (including phenoxy) is 1. The fourth-order valence-electron chi connectivity index (χ4n) is 3.39. The zero-order chi connectivity index (χ0) is 22.9. The fraction of sp³-hybridized carbons (Fsp3) is 0.250. The largest absolute Gasteiger partial charge is 0.497 e. The van der Waals surface area contributed by atoms with Crippen molar-refractivity contribution in [2.45, 2.75) is 4.90 Å². The number of benzene rings is 2. The molecule has 3 aromatic rings. The molecule has 32 heavy (non-hydrogen) atoms. The average Bonchev–Trinajstić information content (AvgIpc) is 3.29. The predicted octanol–water partition coefficient (Wildman–Crippen LogP) is 3.89. The third kappa shape index (κ3) is 4.42. The van der Waals surface area contributed by atoms with E-state index in [4.69, 9.17) is 21.3 Å². The van der Waals surface area contributed by atoms with E-state index < -0.39 is 20.6 Å². The normalized spacial score (nSPS) is 15.0. The molecule has 9 nitrogen and oxygen atoms in total. The first-order chi connectivity index (χ1) is 15.3. The van der Waals surface area contributed by atoms with Crippen molar-refractivity contribution >= 4 is 43.8 Å². The Hall–Kier alpha value is -2.73. The van der Waals surface area contributed by atoms with Crippen LogP contribution >= 0.6 is 22.9 Å². The van der Waals surface area contributed by atoms with Crippen LogP contribution in [0.2, 0.25) is 5.02 Å². The summed E-state index contributed by atoms with van der Waals surface area (Å²) in [5.74, 6) is 0.748. The van der Waals surface area contributed by atoms with Crippen molar-refractivity contribution in [2.24, 2.45) is 0 Å². The Kier molecular flexibility index (Phi) is 6.33. The summed E-state index contributed by atoms with van der Waals surface area (Å²) in [7, 11) is -2.26. The van der Waals surface area contributed by atoms with Gasteiger partial charge in [0.25, 0.3) is 5.69 Å². The Labute approximate surface area is 194 Å². The summed E-state index contributed by atoms with van der Waals surface area (Å²) in [6, 6.07) is 11.2. The highest BCUT2D eigenvalue weighted by atomic mass is 35.5. The van der Waals surface area contributed by atoms with Crippen LogP contribution in [0.3, 0.4) is 0 Å². The van der Waals surface area contributed by atoms with E-state index >= 15 is 0 Å². The second-order valence-electron chi connectivity index (χ2n) is 7.01. The number of anilines is 1. The van der Waals surface area contributed by atoms with Gasteiger partial charge in [-0.05, 0) is 24.3 Å². The Morgan fingerprint density at radius 1 is 1.16 bits per heavy atom. The molecule has 1 saturated heterocycles. The summed E-state index contributed by atoms with van der Waals surface area (Å²) in [6.45, 7) is 1.40. The molecule has 0 amide bonds. The molecule has 1 aliphatic heterocycles. The van der Waals surface area contributed by atoms with E-state index in [-0.39, 0.29) is 23.0 Å². The molecule has 0 N–H and O–H groups in total. The zero-order valence-corrected chi connectivity index (χ0v) is 19.4. The lowest BCUT2D eigenvalue weighted by molar-refractivity contribution is -0.384. The molecule has 0 spiro atoms. The topological polar surface area (TPSA) is 106 Å². The van der Waals surface area contributed by atoms with Gasteiger partial charge in [-0.15, -0.1) is 11.3 Å². The van der Waals surface area contributed by atoms with E-state index in [1.807, 2.05) is 34.5 Å². The molecule has 2 aromatic carbocycles. The zero-order valence-electron chi connectivity index (χ0n) is 17.0. The predicted molar refractivity (Wildman–Crippen MR) is 123 cm³/mol. The van der Waals surface area contributed by atoms with E-state index in [1.54, 1.807) is 7.11 Å². The number of methoxy groups -OCH3 is 1. The van der Waals surface area contributed by atoms with Crippen molar-refractivity contribution in [3.63, 3.8) is 0 Å². The lowest BCUT2D eigenvalue weighted by Crippen LogP contribution is -2.48. The van der Waals surface area contributed by atoms with Gasteiger partial charge in [0.2, 0.25) is 10.0 Å². The molecular weight excluding hydrogens is 476 g/mol. The number of nitro benzene ring substituents is 1. The van der Waals surface area contributed by atoms with E-state index in [0.29, 0.717) is 13.1 Å². The third-order valence-corrected chi connectivity index (χ3v) is 8.23. The summed E-state index contributed by atoms with van der Waals surface area (Å²) in [5, 5.41) is 13.8. The van der Waals surface area contributed by atoms with Gasteiger partial charge < -0.3 is 9.64 Å². The smallest absolute Gasteiger partial charge is 0.289 e. The number of sulfonamides is 1. The maximum absolute atomic E-state index is 13.0. The molecule has 12 heteroatoms. The SMILES string of the molecule is COc1cccc(-c2csc(N3CCN(S(=O)(=O)c4ccc(Cl)c([N+](=O)[O-])c4)CC3)n2)c1. The van der Waals surface area contributed by atoms with E-state index in [2.05, 4.69) is 0 Å². The molecule has 1 aromatic heterocycles. The highest BCUT2D eigenvalue weighted by Crippen LogP contribution is 2.32. The lowest BCUT2D eigenvalue weighted by atomic mass is 10.2. The number of aromatic nitrogens is 1. The van der Waals surface area contributed by atoms with Gasteiger partial charge in [-0.25, -0.2) is 13.4 Å². The number of hydrogen-bond donors (Lipinski definition) is 0. The molecule has 0 saturated carbocycles. The lowest BCUT2D eigenvalue weighted by Gasteiger charge is -2.33. The van der Waals surface area contributed by atoms with Crippen LogP contribution in [0, 0.1) is 10.1 Å². The first-order valence-electron chi connectivity index (χ1n) is 9.58. The summed E-state index contributed by atoms with van der Waals surface area (Å²) < 4.78 is 32.6. The van der Waals surface area contributed by atoms with E-state index in [1.165, 1.54) is 27.8 Å². The average molecular weight is 495 g/mol. The minimum atomic E-state index is -3.87. The summed E-state index contributed by atoms with van der Waals surface area (Å²) in [4.78, 5) is 17.0. The van der Waals surface area contributed by atoms with Gasteiger partial charge in [-0.1, -0.05) is 23.7 Å². The van der Waals surface area contributed by atoms with Crippen LogP contribution in [0.15, 0.2) is 52.7 Å². The van der Waals surface area contributed by atoms with Crippen LogP contribution < -0.4 is 9.64 Å². The number of nitro groups is 1. The van der Waals surface area contributed by atoms with Crippen molar-refractivity contribution in [1.29, 1.82) is 0 Å². The van der Waals surface area contributed by atoms with Crippen LogP contribution in [-0.4, -0.2) is 55.9 Å². The molecule has 0 radical (unpaired) electrons. The molecule has 2 heterocycles. The standard InChI is InChI=1S/C20H19ClN4O5S2/c1-30-15-4-2-3-14(11-15)18-13-31-20(22-18)23-7-9-24(10-8-23)32(28,29)16-5-6-17(21)19(12-16)25(26)27/h2-6,11-13H,7-10H2,1H3. The Bertz CT molecular complexity index is 1260. The molecule has 168 valence electrons. The second-order valence-corrected chi connectivity index (χ2v) is 10.2. The summed E-state index contributed by atoms with van der Waals surface area (Å²) in [5.41, 5.74) is 1.34. The minimum absolute atomic E-state index is 0.102. The van der Waals surface area contributed by atoms with Crippen molar-refractivity contribution < 1.29 is 18.1 Å². The van der Waals surface area contributed by atoms with Crippen molar-refractivity contribution in [2.75, 3.05) is 38.2 Å². The van der Waals surface area contributed by atoms with E-state index in [9.17, 15) is 18.5 Å². The molecule has 0 unspecified atom stereocenters. The molecule has 0 bridgehead atoms. The highest BCUT2D eigenvalue weighted by molar-refractivity contribution is 7.89. The molecular formula is C20H19ClN4O5S2. The number of thiazole rings is 1. The Morgan fingerprint density at radius 3 is 2.59 bits per heavy atom. The van der Waals surface area contributed by atoms with Gasteiger partial charge in [-0.2, -0.15) is 4.31 Å². The van der Waals surface area contributed by atoms with Crippen LogP contribution in [0.5, 0.6) is 5.75 Å². The van der Waals surface area contributed by atoms with Gasteiger partial charge in [0.15, 0.2) is 5.13 Å². The number of rotatable bonds is 6.